The molecule has 1 aromatic heterocycles. The van der Waals surface area contributed by atoms with Crippen molar-refractivity contribution in [2.24, 2.45) is 0 Å². The zero-order valence-corrected chi connectivity index (χ0v) is 8.27. The molecule has 0 spiro atoms. The number of aromatic nitrogens is 2. The summed E-state index contributed by atoms with van der Waals surface area (Å²) in [4.78, 5) is 2.94. The predicted octanol–water partition coefficient (Wildman–Crippen LogP) is 3.02. The number of fused-ring (bicyclic) bond motifs is 1. The van der Waals surface area contributed by atoms with E-state index in [1.54, 1.807) is 12.1 Å². The molecule has 2 aromatic rings. The lowest BCUT2D eigenvalue weighted by Gasteiger charge is -1.98. The van der Waals surface area contributed by atoms with Crippen molar-refractivity contribution in [1.29, 1.82) is 0 Å². The smallest absolute Gasteiger partial charge is 0.178 e. The van der Waals surface area contributed by atoms with Crippen molar-refractivity contribution in [1.82, 2.24) is 9.55 Å². The quantitative estimate of drug-likeness (QED) is 0.594. The second-order valence-electron chi connectivity index (χ2n) is 2.99. The first-order valence-electron chi connectivity index (χ1n) is 4.21. The fourth-order valence-corrected chi connectivity index (χ4v) is 1.73. The Balaban J connectivity index is 2.76. The highest BCUT2D eigenvalue weighted by molar-refractivity contribution is 7.71. The monoisotopic (exact) mass is 208 g/mol. The molecule has 14 heavy (non-hydrogen) atoms. The molecule has 0 saturated heterocycles. The molecule has 0 bridgehead atoms. The number of allylic oxidation sites excluding steroid dienone is 1. The highest BCUT2D eigenvalue weighted by Gasteiger charge is 2.03. The van der Waals surface area contributed by atoms with E-state index < -0.39 is 0 Å². The molecule has 2 rings (SSSR count). The van der Waals surface area contributed by atoms with Crippen LogP contribution in [0.1, 0.15) is 0 Å². The van der Waals surface area contributed by atoms with Crippen LogP contribution in [0.4, 0.5) is 4.39 Å². The molecule has 4 heteroatoms. The van der Waals surface area contributed by atoms with Crippen LogP contribution in [0.5, 0.6) is 0 Å². The summed E-state index contributed by atoms with van der Waals surface area (Å²) >= 11 is 5.10. The van der Waals surface area contributed by atoms with E-state index in [-0.39, 0.29) is 5.82 Å². The van der Waals surface area contributed by atoms with Crippen molar-refractivity contribution in [3.63, 3.8) is 0 Å². The summed E-state index contributed by atoms with van der Waals surface area (Å²) in [7, 11) is 0. The van der Waals surface area contributed by atoms with E-state index in [9.17, 15) is 4.39 Å². The van der Waals surface area contributed by atoms with Crippen LogP contribution < -0.4 is 0 Å². The average Bonchev–Trinajstić information content (AvgIpc) is 2.43. The summed E-state index contributed by atoms with van der Waals surface area (Å²) in [6, 6.07) is 4.57. The number of H-pyrrole nitrogens is 1. The molecule has 0 atom stereocenters. The van der Waals surface area contributed by atoms with Gasteiger partial charge in [-0.25, -0.2) is 4.39 Å². The van der Waals surface area contributed by atoms with Gasteiger partial charge in [-0.05, 0) is 30.4 Å². The molecule has 72 valence electrons. The molecule has 0 radical (unpaired) electrons. The summed E-state index contributed by atoms with van der Waals surface area (Å²) in [5, 5.41) is 0. The van der Waals surface area contributed by atoms with E-state index in [0.29, 0.717) is 11.3 Å². The van der Waals surface area contributed by atoms with Gasteiger partial charge in [-0.1, -0.05) is 6.08 Å². The van der Waals surface area contributed by atoms with Crippen LogP contribution >= 0.6 is 12.2 Å². The normalized spacial score (nSPS) is 10.6. The Morgan fingerprint density at radius 1 is 1.57 bits per heavy atom. The lowest BCUT2D eigenvalue weighted by atomic mass is 10.3. The highest BCUT2D eigenvalue weighted by Crippen LogP contribution is 2.15. The maximum Gasteiger partial charge on any atom is 0.178 e. The number of halogens is 1. The molecule has 0 aliphatic carbocycles. The zero-order chi connectivity index (χ0) is 10.1. The maximum atomic E-state index is 12.9. The van der Waals surface area contributed by atoms with Crippen molar-refractivity contribution in [3.05, 3.63) is 41.4 Å². The summed E-state index contributed by atoms with van der Waals surface area (Å²) in [5.74, 6) is -0.264. The van der Waals surface area contributed by atoms with E-state index in [4.69, 9.17) is 12.2 Å². The third-order valence-corrected chi connectivity index (χ3v) is 2.37. The third kappa shape index (κ3) is 1.37. The molecule has 0 amide bonds. The van der Waals surface area contributed by atoms with Crippen LogP contribution in [0.25, 0.3) is 11.0 Å². The number of imidazole rings is 1. The van der Waals surface area contributed by atoms with Crippen LogP contribution in [0.2, 0.25) is 0 Å². The highest BCUT2D eigenvalue weighted by atomic mass is 32.1. The average molecular weight is 208 g/mol. The van der Waals surface area contributed by atoms with E-state index in [1.165, 1.54) is 12.1 Å². The molecular weight excluding hydrogens is 199 g/mol. The molecule has 0 aliphatic rings. The lowest BCUT2D eigenvalue weighted by molar-refractivity contribution is 0.629. The number of hydrogen-bond acceptors (Lipinski definition) is 1. The number of nitrogens with one attached hydrogen (secondary N) is 1. The molecule has 0 saturated carbocycles. The minimum atomic E-state index is -0.264. The Kier molecular flexibility index (Phi) is 2.21. The Labute approximate surface area is 85.7 Å². The number of rotatable bonds is 2. The van der Waals surface area contributed by atoms with Crippen LogP contribution in [0.3, 0.4) is 0 Å². The molecular formula is C10H9FN2S. The molecule has 0 aliphatic heterocycles. The van der Waals surface area contributed by atoms with Gasteiger partial charge >= 0.3 is 0 Å². The standard InChI is InChI=1S/C10H9FN2S/c1-2-5-13-9-4-3-7(11)6-8(9)12-10(13)14/h2-4,6H,1,5H2,(H,12,14). The van der Waals surface area contributed by atoms with Crippen molar-refractivity contribution < 1.29 is 4.39 Å². The molecule has 1 heterocycles. The number of nitrogens with zero attached hydrogens (tertiary/aromatic N) is 1. The maximum absolute atomic E-state index is 12.9. The number of hydrogen-bond donors (Lipinski definition) is 1. The van der Waals surface area contributed by atoms with E-state index in [2.05, 4.69) is 11.6 Å². The van der Waals surface area contributed by atoms with E-state index in [1.807, 2.05) is 4.57 Å². The van der Waals surface area contributed by atoms with Crippen molar-refractivity contribution in [2.75, 3.05) is 0 Å². The van der Waals surface area contributed by atoms with Gasteiger partial charge in [-0.2, -0.15) is 0 Å². The summed E-state index contributed by atoms with van der Waals surface area (Å²) < 4.78 is 15.3. The Bertz CT molecular complexity index is 539. The van der Waals surface area contributed by atoms with E-state index >= 15 is 0 Å². The van der Waals surface area contributed by atoms with Gasteiger partial charge < -0.3 is 9.55 Å². The van der Waals surface area contributed by atoms with E-state index in [0.717, 1.165) is 11.0 Å². The topological polar surface area (TPSA) is 20.7 Å². The van der Waals surface area contributed by atoms with Crippen molar-refractivity contribution in [2.45, 2.75) is 6.54 Å². The van der Waals surface area contributed by atoms with Crippen molar-refractivity contribution >= 4 is 23.3 Å². The van der Waals surface area contributed by atoms with Crippen LogP contribution in [-0.4, -0.2) is 9.55 Å². The minimum Gasteiger partial charge on any atom is -0.330 e. The van der Waals surface area contributed by atoms with Crippen LogP contribution in [0, 0.1) is 10.6 Å². The van der Waals surface area contributed by atoms with Gasteiger partial charge in [0.1, 0.15) is 5.82 Å². The Morgan fingerprint density at radius 2 is 2.36 bits per heavy atom. The predicted molar refractivity (Wildman–Crippen MR) is 57.3 cm³/mol. The molecule has 0 unspecified atom stereocenters. The van der Waals surface area contributed by atoms with Gasteiger partial charge in [-0.15, -0.1) is 6.58 Å². The Morgan fingerprint density at radius 3 is 3.07 bits per heavy atom. The largest absolute Gasteiger partial charge is 0.330 e. The van der Waals surface area contributed by atoms with Gasteiger partial charge in [0.25, 0.3) is 0 Å². The van der Waals surface area contributed by atoms with Gasteiger partial charge in [0.05, 0.1) is 11.0 Å². The lowest BCUT2D eigenvalue weighted by Crippen LogP contribution is -1.93. The van der Waals surface area contributed by atoms with Crippen LogP contribution in [-0.2, 0) is 6.54 Å². The fourth-order valence-electron chi connectivity index (χ4n) is 1.45. The SMILES string of the molecule is C=CCn1c(=S)[nH]c2cc(F)ccc21. The Hall–Kier alpha value is -1.42. The molecule has 2 nitrogen and oxygen atoms in total. The van der Waals surface area contributed by atoms with Gasteiger partial charge in [0, 0.05) is 6.54 Å². The first-order chi connectivity index (χ1) is 6.72. The molecule has 1 N–H and O–H groups in total. The zero-order valence-electron chi connectivity index (χ0n) is 7.46. The third-order valence-electron chi connectivity index (χ3n) is 2.05. The molecule has 1 aromatic carbocycles. The second kappa shape index (κ2) is 3.38. The minimum absolute atomic E-state index is 0.264. The summed E-state index contributed by atoms with van der Waals surface area (Å²) in [5.41, 5.74) is 1.62. The summed E-state index contributed by atoms with van der Waals surface area (Å²) in [6.07, 6.45) is 1.76. The molecule has 0 fully saturated rings. The summed E-state index contributed by atoms with van der Waals surface area (Å²) in [6.45, 7) is 4.28. The second-order valence-corrected chi connectivity index (χ2v) is 3.38. The number of aromatic amines is 1. The first kappa shape index (κ1) is 9.15. The van der Waals surface area contributed by atoms with Gasteiger partial charge in [0.15, 0.2) is 4.77 Å². The number of benzene rings is 1. The van der Waals surface area contributed by atoms with Gasteiger partial charge in [0.2, 0.25) is 0 Å². The van der Waals surface area contributed by atoms with Crippen LogP contribution in [0.15, 0.2) is 30.9 Å². The first-order valence-corrected chi connectivity index (χ1v) is 4.62. The fraction of sp³-hybridized carbons (Fsp3) is 0.100. The van der Waals surface area contributed by atoms with Gasteiger partial charge in [-0.3, -0.25) is 0 Å². The van der Waals surface area contributed by atoms with Crippen molar-refractivity contribution in [3.8, 4) is 0 Å².